The monoisotopic (exact) mass is 355 g/mol. The largest absolute Gasteiger partial charge is 0.490 e. The van der Waals surface area contributed by atoms with E-state index in [1.54, 1.807) is 17.0 Å². The van der Waals surface area contributed by atoms with E-state index in [0.717, 1.165) is 11.3 Å². The minimum atomic E-state index is -0.366. The Bertz CT molecular complexity index is 789. The van der Waals surface area contributed by atoms with Gasteiger partial charge in [0.25, 0.3) is 5.91 Å². The molecule has 0 spiro atoms. The van der Waals surface area contributed by atoms with E-state index in [1.807, 2.05) is 43.3 Å². The van der Waals surface area contributed by atoms with Crippen LogP contribution in [0.1, 0.15) is 12.0 Å². The van der Waals surface area contributed by atoms with Gasteiger partial charge in [0.2, 0.25) is 0 Å². The summed E-state index contributed by atoms with van der Waals surface area (Å²) in [7, 11) is 0. The van der Waals surface area contributed by atoms with Gasteiger partial charge in [-0.25, -0.2) is 0 Å². The molecule has 2 aromatic rings. The molecule has 0 saturated carbocycles. The molecule has 0 fully saturated rings. The Morgan fingerprint density at radius 2 is 1.88 bits per heavy atom. The van der Waals surface area contributed by atoms with Gasteiger partial charge in [0.15, 0.2) is 6.61 Å². The maximum Gasteiger partial charge on any atom is 0.307 e. The highest BCUT2D eigenvalue weighted by Crippen LogP contribution is 2.31. The molecule has 0 N–H and O–H groups in total. The number of rotatable bonds is 7. The zero-order valence-corrected chi connectivity index (χ0v) is 14.6. The van der Waals surface area contributed by atoms with Gasteiger partial charge in [-0.3, -0.25) is 9.59 Å². The Hall–Kier alpha value is -3.02. The number of anilines is 1. The molecule has 0 radical (unpaired) electrons. The van der Waals surface area contributed by atoms with Crippen LogP contribution < -0.4 is 14.4 Å². The molecule has 0 aliphatic carbocycles. The van der Waals surface area contributed by atoms with Crippen LogP contribution in [0.25, 0.3) is 0 Å². The zero-order valence-electron chi connectivity index (χ0n) is 14.6. The number of amides is 1. The van der Waals surface area contributed by atoms with E-state index in [0.29, 0.717) is 11.4 Å². The third kappa shape index (κ3) is 4.33. The first-order valence-electron chi connectivity index (χ1n) is 8.51. The summed E-state index contributed by atoms with van der Waals surface area (Å²) in [6, 6.07) is 14.9. The summed E-state index contributed by atoms with van der Waals surface area (Å²) in [6.07, 6.45) is 0.116. The van der Waals surface area contributed by atoms with E-state index in [-0.39, 0.29) is 44.7 Å². The highest BCUT2D eigenvalue weighted by molar-refractivity contribution is 5.98. The SMILES string of the molecule is Cc1ccccc1OCCOC(=O)CCN1C(=O)COc2ccccc21. The summed E-state index contributed by atoms with van der Waals surface area (Å²) in [4.78, 5) is 25.5. The standard InChI is InChI=1S/C20H21NO5/c1-15-6-2-4-8-17(15)24-12-13-25-20(23)10-11-21-16-7-3-5-9-18(16)26-14-19(21)22/h2-9H,10-14H2,1H3. The number of benzene rings is 2. The van der Waals surface area contributed by atoms with Crippen molar-refractivity contribution in [1.82, 2.24) is 0 Å². The third-order valence-corrected chi connectivity index (χ3v) is 4.05. The van der Waals surface area contributed by atoms with E-state index in [4.69, 9.17) is 14.2 Å². The summed E-state index contributed by atoms with van der Waals surface area (Å²) in [5.41, 5.74) is 1.71. The fraction of sp³-hybridized carbons (Fsp3) is 0.300. The Kier molecular flexibility index (Phi) is 5.73. The highest BCUT2D eigenvalue weighted by Gasteiger charge is 2.25. The number of esters is 1. The fourth-order valence-electron chi connectivity index (χ4n) is 2.70. The number of aryl methyl sites for hydroxylation is 1. The maximum atomic E-state index is 12.0. The second kappa shape index (κ2) is 8.38. The predicted octanol–water partition coefficient (Wildman–Crippen LogP) is 2.73. The number of ether oxygens (including phenoxy) is 3. The van der Waals surface area contributed by atoms with Crippen LogP contribution in [0.15, 0.2) is 48.5 Å². The molecule has 1 heterocycles. The summed E-state index contributed by atoms with van der Waals surface area (Å²) in [6.45, 7) is 2.66. The van der Waals surface area contributed by atoms with Gasteiger partial charge < -0.3 is 19.1 Å². The smallest absolute Gasteiger partial charge is 0.307 e. The van der Waals surface area contributed by atoms with Crippen LogP contribution >= 0.6 is 0 Å². The van der Waals surface area contributed by atoms with Crippen LogP contribution in [0.5, 0.6) is 11.5 Å². The van der Waals surface area contributed by atoms with Crippen molar-refractivity contribution in [3.63, 3.8) is 0 Å². The van der Waals surface area contributed by atoms with Gasteiger partial charge in [0.1, 0.15) is 24.7 Å². The zero-order chi connectivity index (χ0) is 18.4. The molecular weight excluding hydrogens is 334 g/mol. The van der Waals surface area contributed by atoms with Crippen LogP contribution in [-0.4, -0.2) is 38.2 Å². The van der Waals surface area contributed by atoms with Crippen molar-refractivity contribution in [1.29, 1.82) is 0 Å². The van der Waals surface area contributed by atoms with Gasteiger partial charge in [-0.15, -0.1) is 0 Å². The molecule has 0 unspecified atom stereocenters. The summed E-state index contributed by atoms with van der Waals surface area (Å²) in [5, 5.41) is 0. The van der Waals surface area contributed by atoms with Crippen LogP contribution in [0.4, 0.5) is 5.69 Å². The number of hydrogen-bond donors (Lipinski definition) is 0. The molecule has 2 aromatic carbocycles. The number of hydrogen-bond acceptors (Lipinski definition) is 5. The van der Waals surface area contributed by atoms with Crippen molar-refractivity contribution in [3.05, 3.63) is 54.1 Å². The molecule has 136 valence electrons. The lowest BCUT2D eigenvalue weighted by Crippen LogP contribution is -2.40. The Labute approximate surface area is 152 Å². The molecular formula is C20H21NO5. The van der Waals surface area contributed by atoms with Crippen molar-refractivity contribution in [2.75, 3.05) is 31.3 Å². The average Bonchev–Trinajstić information content (AvgIpc) is 2.65. The molecule has 0 atom stereocenters. The van der Waals surface area contributed by atoms with Gasteiger partial charge >= 0.3 is 5.97 Å². The molecule has 26 heavy (non-hydrogen) atoms. The fourth-order valence-corrected chi connectivity index (χ4v) is 2.70. The normalized spacial score (nSPS) is 13.0. The molecule has 0 bridgehead atoms. The molecule has 1 aliphatic heterocycles. The highest BCUT2D eigenvalue weighted by atomic mass is 16.6. The third-order valence-electron chi connectivity index (χ3n) is 4.05. The quantitative estimate of drug-likeness (QED) is 0.564. The number of nitrogens with zero attached hydrogens (tertiary/aromatic N) is 1. The lowest BCUT2D eigenvalue weighted by Gasteiger charge is -2.28. The van der Waals surface area contributed by atoms with Crippen molar-refractivity contribution in [2.24, 2.45) is 0 Å². The van der Waals surface area contributed by atoms with Crippen LogP contribution in [0.3, 0.4) is 0 Å². The van der Waals surface area contributed by atoms with E-state index in [2.05, 4.69) is 0 Å². The lowest BCUT2D eigenvalue weighted by atomic mass is 10.2. The second-order valence-electron chi connectivity index (χ2n) is 5.89. The minimum Gasteiger partial charge on any atom is -0.490 e. The van der Waals surface area contributed by atoms with E-state index >= 15 is 0 Å². The molecule has 3 rings (SSSR count). The molecule has 0 saturated heterocycles. The molecule has 1 aliphatic rings. The molecule has 6 nitrogen and oxygen atoms in total. The molecule has 6 heteroatoms. The topological polar surface area (TPSA) is 65.1 Å². The number of fused-ring (bicyclic) bond motifs is 1. The summed E-state index contributed by atoms with van der Waals surface area (Å²) >= 11 is 0. The Balaban J connectivity index is 1.43. The van der Waals surface area contributed by atoms with E-state index in [9.17, 15) is 9.59 Å². The van der Waals surface area contributed by atoms with Gasteiger partial charge in [-0.2, -0.15) is 0 Å². The van der Waals surface area contributed by atoms with Gasteiger partial charge in [-0.1, -0.05) is 30.3 Å². The minimum absolute atomic E-state index is 0.0175. The maximum absolute atomic E-state index is 12.0. The van der Waals surface area contributed by atoms with E-state index in [1.165, 1.54) is 0 Å². The lowest BCUT2D eigenvalue weighted by molar-refractivity contribution is -0.144. The van der Waals surface area contributed by atoms with Crippen molar-refractivity contribution >= 4 is 17.6 Å². The van der Waals surface area contributed by atoms with Crippen LogP contribution in [0.2, 0.25) is 0 Å². The van der Waals surface area contributed by atoms with Crippen molar-refractivity contribution < 1.29 is 23.8 Å². The summed E-state index contributed by atoms with van der Waals surface area (Å²) < 4.78 is 16.2. The first-order valence-corrected chi connectivity index (χ1v) is 8.51. The average molecular weight is 355 g/mol. The second-order valence-corrected chi connectivity index (χ2v) is 5.89. The van der Waals surface area contributed by atoms with Gasteiger partial charge in [0.05, 0.1) is 12.1 Å². The van der Waals surface area contributed by atoms with Gasteiger partial charge in [-0.05, 0) is 30.7 Å². The van der Waals surface area contributed by atoms with Crippen molar-refractivity contribution in [3.8, 4) is 11.5 Å². The molecule has 0 aromatic heterocycles. The number of para-hydroxylation sites is 3. The van der Waals surface area contributed by atoms with Gasteiger partial charge in [0, 0.05) is 6.54 Å². The number of carbonyl (C=O) groups excluding carboxylic acids is 2. The van der Waals surface area contributed by atoms with E-state index < -0.39 is 0 Å². The predicted molar refractivity (Wildman–Crippen MR) is 96.5 cm³/mol. The summed E-state index contributed by atoms with van der Waals surface area (Å²) in [5.74, 6) is 0.890. The number of carbonyl (C=O) groups is 2. The first kappa shape index (κ1) is 17.8. The van der Waals surface area contributed by atoms with Crippen LogP contribution in [0, 0.1) is 6.92 Å². The first-order chi connectivity index (χ1) is 12.6. The van der Waals surface area contributed by atoms with Crippen LogP contribution in [-0.2, 0) is 14.3 Å². The Morgan fingerprint density at radius 3 is 2.73 bits per heavy atom. The molecule has 1 amide bonds. The van der Waals surface area contributed by atoms with Crippen molar-refractivity contribution in [2.45, 2.75) is 13.3 Å². The Morgan fingerprint density at radius 1 is 1.12 bits per heavy atom.